The molecule has 4 nitrogen and oxygen atoms in total. The monoisotopic (exact) mass is 133 g/mol. The van der Waals surface area contributed by atoms with Crippen molar-refractivity contribution in [2.75, 3.05) is 6.61 Å². The van der Waals surface area contributed by atoms with Gasteiger partial charge in [-0.3, -0.25) is 0 Å². The summed E-state index contributed by atoms with van der Waals surface area (Å²) in [6.07, 6.45) is -1.40. The van der Waals surface area contributed by atoms with E-state index in [2.05, 4.69) is 4.74 Å². The van der Waals surface area contributed by atoms with E-state index >= 15 is 0 Å². The molecule has 1 saturated heterocycles. The van der Waals surface area contributed by atoms with Crippen LogP contribution in [0.4, 0.5) is 0 Å². The Bertz CT molecular complexity index is 88.2. The third kappa shape index (κ3) is 1.40. The van der Waals surface area contributed by atoms with Gasteiger partial charge >= 0.3 is 0 Å². The molecular weight excluding hydrogens is 122 g/mol. The number of hydrogen-bond donors (Lipinski definition) is 3. The second-order valence-corrected chi connectivity index (χ2v) is 2.20. The van der Waals surface area contributed by atoms with Gasteiger partial charge in [0, 0.05) is 6.04 Å². The average molecular weight is 133 g/mol. The number of nitrogens with two attached hydrogens (primary N) is 1. The normalized spacial score (nSPS) is 45.0. The Morgan fingerprint density at radius 1 is 1.44 bits per heavy atom. The van der Waals surface area contributed by atoms with Gasteiger partial charge in [0.25, 0.3) is 0 Å². The molecule has 0 spiro atoms. The first kappa shape index (κ1) is 6.95. The van der Waals surface area contributed by atoms with E-state index in [-0.39, 0.29) is 6.04 Å². The lowest BCUT2D eigenvalue weighted by molar-refractivity contribution is -0.191. The Balaban J connectivity index is 2.41. The Labute approximate surface area is 53.2 Å². The highest BCUT2D eigenvalue weighted by molar-refractivity contribution is 4.77. The van der Waals surface area contributed by atoms with Crippen LogP contribution in [-0.2, 0) is 4.74 Å². The third-order valence-corrected chi connectivity index (χ3v) is 1.47. The Hall–Kier alpha value is -0.160. The number of hydrogen-bond acceptors (Lipinski definition) is 4. The predicted molar refractivity (Wildman–Crippen MR) is 30.6 cm³/mol. The molecule has 0 aromatic carbocycles. The van der Waals surface area contributed by atoms with E-state index in [1.54, 1.807) is 0 Å². The fourth-order valence-corrected chi connectivity index (χ4v) is 0.806. The second-order valence-electron chi connectivity index (χ2n) is 2.20. The van der Waals surface area contributed by atoms with Crippen LogP contribution in [0.1, 0.15) is 6.42 Å². The molecule has 1 aliphatic heterocycles. The summed E-state index contributed by atoms with van der Waals surface area (Å²) in [7, 11) is 0. The zero-order chi connectivity index (χ0) is 6.85. The maximum atomic E-state index is 8.95. The maximum Gasteiger partial charge on any atom is 0.182 e. The van der Waals surface area contributed by atoms with Crippen molar-refractivity contribution in [3.8, 4) is 0 Å². The summed E-state index contributed by atoms with van der Waals surface area (Å²) in [6, 6.07) is -0.339. The highest BCUT2D eigenvalue weighted by Gasteiger charge is 2.27. The SMILES string of the molecule is N[C@@H]1CCO[C@H](O)[C@@H]1O. The summed E-state index contributed by atoms with van der Waals surface area (Å²) >= 11 is 0. The van der Waals surface area contributed by atoms with Crippen molar-refractivity contribution in [3.63, 3.8) is 0 Å². The van der Waals surface area contributed by atoms with Crippen LogP contribution in [0.25, 0.3) is 0 Å². The molecule has 0 saturated carbocycles. The molecule has 0 aromatic rings. The minimum atomic E-state index is -1.09. The number of ether oxygens (including phenoxy) is 1. The summed E-state index contributed by atoms with van der Waals surface area (Å²) in [5.41, 5.74) is 5.38. The zero-order valence-electron chi connectivity index (χ0n) is 5.03. The van der Waals surface area contributed by atoms with Crippen LogP contribution < -0.4 is 5.73 Å². The molecular formula is C5H11NO3. The minimum absolute atomic E-state index is 0.339. The van der Waals surface area contributed by atoms with E-state index in [4.69, 9.17) is 15.9 Å². The van der Waals surface area contributed by atoms with Crippen LogP contribution in [0.3, 0.4) is 0 Å². The van der Waals surface area contributed by atoms with Crippen LogP contribution >= 0.6 is 0 Å². The molecule has 1 rings (SSSR count). The molecule has 4 heteroatoms. The molecule has 3 atom stereocenters. The number of aliphatic hydroxyl groups excluding tert-OH is 2. The quantitative estimate of drug-likeness (QED) is 0.372. The van der Waals surface area contributed by atoms with Gasteiger partial charge in [0.1, 0.15) is 6.10 Å². The highest BCUT2D eigenvalue weighted by atomic mass is 16.6. The summed E-state index contributed by atoms with van der Waals surface area (Å²) in [6.45, 7) is 0.430. The highest BCUT2D eigenvalue weighted by Crippen LogP contribution is 2.09. The number of rotatable bonds is 0. The molecule has 1 aliphatic rings. The Morgan fingerprint density at radius 2 is 2.11 bits per heavy atom. The van der Waals surface area contributed by atoms with Crippen LogP contribution in [0.15, 0.2) is 0 Å². The topological polar surface area (TPSA) is 75.7 Å². The molecule has 0 aliphatic carbocycles. The van der Waals surface area contributed by atoms with Gasteiger partial charge in [-0.25, -0.2) is 0 Å². The van der Waals surface area contributed by atoms with Crippen molar-refractivity contribution < 1.29 is 14.9 Å². The van der Waals surface area contributed by atoms with Crippen LogP contribution in [0.2, 0.25) is 0 Å². The maximum absolute atomic E-state index is 8.95. The molecule has 4 N–H and O–H groups in total. The van der Waals surface area contributed by atoms with Gasteiger partial charge in [-0.2, -0.15) is 0 Å². The van der Waals surface area contributed by atoms with E-state index in [0.29, 0.717) is 13.0 Å². The van der Waals surface area contributed by atoms with Gasteiger partial charge < -0.3 is 20.7 Å². The van der Waals surface area contributed by atoms with Crippen molar-refractivity contribution in [1.29, 1.82) is 0 Å². The van der Waals surface area contributed by atoms with Gasteiger partial charge in [0.05, 0.1) is 6.61 Å². The Kier molecular flexibility index (Phi) is 2.02. The minimum Gasteiger partial charge on any atom is -0.386 e. The van der Waals surface area contributed by atoms with Crippen LogP contribution in [0.5, 0.6) is 0 Å². The lowest BCUT2D eigenvalue weighted by atomic mass is 10.1. The van der Waals surface area contributed by atoms with Crippen molar-refractivity contribution in [2.45, 2.75) is 24.9 Å². The number of aliphatic hydroxyl groups is 2. The van der Waals surface area contributed by atoms with Crippen molar-refractivity contribution in [2.24, 2.45) is 5.73 Å². The van der Waals surface area contributed by atoms with Crippen molar-refractivity contribution >= 4 is 0 Å². The fraction of sp³-hybridized carbons (Fsp3) is 1.00. The van der Waals surface area contributed by atoms with Gasteiger partial charge in [-0.05, 0) is 6.42 Å². The second kappa shape index (κ2) is 2.62. The summed E-state index contributed by atoms with van der Waals surface area (Å²) < 4.78 is 4.69. The molecule has 1 heterocycles. The van der Waals surface area contributed by atoms with Crippen LogP contribution in [0, 0.1) is 0 Å². The standard InChI is InChI=1S/C5H11NO3/c6-3-1-2-9-5(8)4(3)7/h3-5,7-8H,1-2,6H2/t3-,4-,5+/m1/s1. The zero-order valence-corrected chi connectivity index (χ0v) is 5.03. The van der Waals surface area contributed by atoms with Crippen molar-refractivity contribution in [1.82, 2.24) is 0 Å². The van der Waals surface area contributed by atoms with E-state index in [0.717, 1.165) is 0 Å². The molecule has 0 radical (unpaired) electrons. The lowest BCUT2D eigenvalue weighted by Crippen LogP contribution is -2.48. The summed E-state index contributed by atoms with van der Waals surface area (Å²) in [5, 5.41) is 17.7. The first-order valence-corrected chi connectivity index (χ1v) is 2.95. The van der Waals surface area contributed by atoms with E-state index in [1.165, 1.54) is 0 Å². The molecule has 0 unspecified atom stereocenters. The van der Waals surface area contributed by atoms with Gasteiger partial charge in [0.2, 0.25) is 0 Å². The predicted octanol–water partition coefficient (Wildman–Crippen LogP) is -1.59. The Morgan fingerprint density at radius 3 is 2.56 bits per heavy atom. The van der Waals surface area contributed by atoms with Gasteiger partial charge in [0.15, 0.2) is 6.29 Å². The average Bonchev–Trinajstić information content (AvgIpc) is 1.83. The summed E-state index contributed by atoms with van der Waals surface area (Å²) in [4.78, 5) is 0. The first-order valence-electron chi connectivity index (χ1n) is 2.95. The summed E-state index contributed by atoms with van der Waals surface area (Å²) in [5.74, 6) is 0. The molecule has 0 amide bonds. The molecule has 54 valence electrons. The van der Waals surface area contributed by atoms with Crippen LogP contribution in [-0.4, -0.2) is 35.3 Å². The van der Waals surface area contributed by atoms with E-state index in [9.17, 15) is 0 Å². The molecule has 1 fully saturated rings. The molecule has 0 aromatic heterocycles. The first-order chi connectivity index (χ1) is 4.22. The van der Waals surface area contributed by atoms with E-state index in [1.807, 2.05) is 0 Å². The van der Waals surface area contributed by atoms with Gasteiger partial charge in [-0.1, -0.05) is 0 Å². The molecule has 9 heavy (non-hydrogen) atoms. The third-order valence-electron chi connectivity index (χ3n) is 1.47. The smallest absolute Gasteiger partial charge is 0.182 e. The van der Waals surface area contributed by atoms with Gasteiger partial charge in [-0.15, -0.1) is 0 Å². The lowest BCUT2D eigenvalue weighted by Gasteiger charge is -2.28. The largest absolute Gasteiger partial charge is 0.386 e. The fourth-order valence-electron chi connectivity index (χ4n) is 0.806. The van der Waals surface area contributed by atoms with E-state index < -0.39 is 12.4 Å². The molecule has 0 bridgehead atoms. The van der Waals surface area contributed by atoms with Crippen molar-refractivity contribution in [3.05, 3.63) is 0 Å².